The minimum Gasteiger partial charge on any atom is -0.399 e. The van der Waals surface area contributed by atoms with E-state index in [1.807, 2.05) is 19.1 Å². The van der Waals surface area contributed by atoms with Crippen LogP contribution in [0.4, 0.5) is 11.5 Å². The zero-order chi connectivity index (χ0) is 13.1. The fourth-order valence-corrected chi connectivity index (χ4v) is 1.79. The third-order valence-electron chi connectivity index (χ3n) is 2.37. The number of nitrogens with one attached hydrogen (secondary N) is 1. The smallest absolute Gasteiger partial charge is 0.258 e. The SMILES string of the molecule is Cc1cccc(NC(=O)c2ccc(N)cc2Cl)n1. The van der Waals surface area contributed by atoms with Crippen LogP contribution < -0.4 is 11.1 Å². The van der Waals surface area contributed by atoms with E-state index in [4.69, 9.17) is 17.3 Å². The maximum absolute atomic E-state index is 12.0. The van der Waals surface area contributed by atoms with Gasteiger partial charge in [0.05, 0.1) is 10.6 Å². The second kappa shape index (κ2) is 5.06. The molecular weight excluding hydrogens is 250 g/mol. The molecule has 0 fully saturated rings. The van der Waals surface area contributed by atoms with E-state index < -0.39 is 0 Å². The molecule has 0 aliphatic heterocycles. The molecule has 2 aromatic rings. The van der Waals surface area contributed by atoms with Crippen molar-refractivity contribution >= 4 is 29.0 Å². The van der Waals surface area contributed by atoms with Gasteiger partial charge in [0, 0.05) is 11.4 Å². The lowest BCUT2D eigenvalue weighted by atomic mass is 10.2. The molecule has 0 bridgehead atoms. The summed E-state index contributed by atoms with van der Waals surface area (Å²) in [6.45, 7) is 1.85. The van der Waals surface area contributed by atoms with Crippen molar-refractivity contribution < 1.29 is 4.79 Å². The van der Waals surface area contributed by atoms with E-state index in [2.05, 4.69) is 10.3 Å². The van der Waals surface area contributed by atoms with Crippen LogP contribution in [0.25, 0.3) is 0 Å². The van der Waals surface area contributed by atoms with Gasteiger partial charge in [-0.1, -0.05) is 17.7 Å². The monoisotopic (exact) mass is 261 g/mol. The van der Waals surface area contributed by atoms with Crippen molar-refractivity contribution in [2.75, 3.05) is 11.1 Å². The number of carbonyl (C=O) groups excluding carboxylic acids is 1. The van der Waals surface area contributed by atoms with Crippen LogP contribution in [-0.2, 0) is 0 Å². The molecule has 3 N–H and O–H groups in total. The molecular formula is C13H12ClN3O. The van der Waals surface area contributed by atoms with Gasteiger partial charge in [-0.3, -0.25) is 4.79 Å². The van der Waals surface area contributed by atoms with Gasteiger partial charge in [-0.2, -0.15) is 0 Å². The number of rotatable bonds is 2. The number of nitrogens with zero attached hydrogens (tertiary/aromatic N) is 1. The molecule has 1 heterocycles. The first kappa shape index (κ1) is 12.4. The maximum Gasteiger partial charge on any atom is 0.258 e. The molecule has 0 aliphatic rings. The Hall–Kier alpha value is -2.07. The van der Waals surface area contributed by atoms with Gasteiger partial charge in [0.15, 0.2) is 0 Å². The lowest BCUT2D eigenvalue weighted by molar-refractivity contribution is 0.102. The number of aryl methyl sites for hydroxylation is 1. The predicted molar refractivity (Wildman–Crippen MR) is 72.8 cm³/mol. The molecule has 1 aromatic carbocycles. The lowest BCUT2D eigenvalue weighted by Crippen LogP contribution is -2.13. The van der Waals surface area contributed by atoms with Crippen LogP contribution >= 0.6 is 11.6 Å². The number of benzene rings is 1. The first-order valence-corrected chi connectivity index (χ1v) is 5.74. The van der Waals surface area contributed by atoms with Crippen molar-refractivity contribution in [1.29, 1.82) is 0 Å². The van der Waals surface area contributed by atoms with Crippen LogP contribution in [0.15, 0.2) is 36.4 Å². The summed E-state index contributed by atoms with van der Waals surface area (Å²) in [7, 11) is 0. The number of carbonyl (C=O) groups is 1. The zero-order valence-electron chi connectivity index (χ0n) is 9.77. The van der Waals surface area contributed by atoms with E-state index in [0.717, 1.165) is 5.69 Å². The van der Waals surface area contributed by atoms with Crippen molar-refractivity contribution in [3.63, 3.8) is 0 Å². The van der Waals surface area contributed by atoms with Crippen LogP contribution in [0.5, 0.6) is 0 Å². The molecule has 0 atom stereocenters. The molecule has 0 spiro atoms. The minimum absolute atomic E-state index is 0.307. The number of amides is 1. The number of nitrogens with two attached hydrogens (primary N) is 1. The number of halogens is 1. The summed E-state index contributed by atoms with van der Waals surface area (Å²) in [4.78, 5) is 16.2. The second-order valence-corrected chi connectivity index (χ2v) is 4.26. The van der Waals surface area contributed by atoms with Gasteiger partial charge < -0.3 is 11.1 Å². The van der Waals surface area contributed by atoms with Crippen LogP contribution in [0.2, 0.25) is 5.02 Å². The van der Waals surface area contributed by atoms with Crippen molar-refractivity contribution in [2.45, 2.75) is 6.92 Å². The minimum atomic E-state index is -0.307. The fraction of sp³-hybridized carbons (Fsp3) is 0.0769. The standard InChI is InChI=1S/C13H12ClN3O/c1-8-3-2-4-12(16-8)17-13(18)10-6-5-9(15)7-11(10)14/h2-7H,15H2,1H3,(H,16,17,18). The van der Waals surface area contributed by atoms with Crippen LogP contribution in [0, 0.1) is 6.92 Å². The predicted octanol–water partition coefficient (Wildman–Crippen LogP) is 2.88. The molecule has 92 valence electrons. The first-order chi connectivity index (χ1) is 8.56. The second-order valence-electron chi connectivity index (χ2n) is 3.86. The van der Waals surface area contributed by atoms with Gasteiger partial charge in [0.1, 0.15) is 5.82 Å². The van der Waals surface area contributed by atoms with E-state index in [-0.39, 0.29) is 5.91 Å². The molecule has 0 unspecified atom stereocenters. The molecule has 4 nitrogen and oxygen atoms in total. The Morgan fingerprint density at radius 1 is 1.33 bits per heavy atom. The number of nitrogen functional groups attached to an aromatic ring is 1. The van der Waals surface area contributed by atoms with Crippen molar-refractivity contribution in [3.8, 4) is 0 Å². The molecule has 1 amide bonds. The van der Waals surface area contributed by atoms with Gasteiger partial charge >= 0.3 is 0 Å². The summed E-state index contributed by atoms with van der Waals surface area (Å²) in [5.41, 5.74) is 7.29. The van der Waals surface area contributed by atoms with Gasteiger partial charge in [-0.25, -0.2) is 4.98 Å². The summed E-state index contributed by atoms with van der Waals surface area (Å²) in [6.07, 6.45) is 0. The Morgan fingerprint density at radius 2 is 2.11 bits per heavy atom. The summed E-state index contributed by atoms with van der Waals surface area (Å²) in [5.74, 6) is 0.186. The Bertz CT molecular complexity index is 599. The number of pyridine rings is 1. The Kier molecular flexibility index (Phi) is 3.48. The van der Waals surface area contributed by atoms with Crippen LogP contribution in [-0.4, -0.2) is 10.9 Å². The third kappa shape index (κ3) is 2.78. The van der Waals surface area contributed by atoms with Crippen LogP contribution in [0.1, 0.15) is 16.1 Å². The molecule has 0 saturated carbocycles. The van der Waals surface area contributed by atoms with Crippen molar-refractivity contribution in [2.24, 2.45) is 0 Å². The number of aromatic nitrogens is 1. The highest BCUT2D eigenvalue weighted by Gasteiger charge is 2.11. The van der Waals surface area contributed by atoms with Gasteiger partial charge in [0.2, 0.25) is 0 Å². The number of anilines is 2. The van der Waals surface area contributed by atoms with E-state index >= 15 is 0 Å². The average Bonchev–Trinajstić information content (AvgIpc) is 2.28. The zero-order valence-corrected chi connectivity index (χ0v) is 10.5. The van der Waals surface area contributed by atoms with E-state index in [9.17, 15) is 4.79 Å². The molecule has 0 radical (unpaired) electrons. The van der Waals surface area contributed by atoms with E-state index in [0.29, 0.717) is 22.1 Å². The molecule has 18 heavy (non-hydrogen) atoms. The first-order valence-electron chi connectivity index (χ1n) is 5.36. The summed E-state index contributed by atoms with van der Waals surface area (Å²) >= 11 is 5.96. The quantitative estimate of drug-likeness (QED) is 0.817. The number of hydrogen-bond acceptors (Lipinski definition) is 3. The topological polar surface area (TPSA) is 68.0 Å². The highest BCUT2D eigenvalue weighted by molar-refractivity contribution is 6.34. The Labute approximate surface area is 110 Å². The molecule has 0 saturated heterocycles. The molecule has 1 aromatic heterocycles. The Morgan fingerprint density at radius 3 is 2.78 bits per heavy atom. The maximum atomic E-state index is 12.0. The van der Waals surface area contributed by atoms with E-state index in [1.165, 1.54) is 0 Å². The van der Waals surface area contributed by atoms with E-state index in [1.54, 1.807) is 24.3 Å². The van der Waals surface area contributed by atoms with Crippen molar-refractivity contribution in [3.05, 3.63) is 52.7 Å². The fourth-order valence-electron chi connectivity index (χ4n) is 1.51. The van der Waals surface area contributed by atoms with Gasteiger partial charge in [-0.05, 0) is 37.3 Å². The number of hydrogen-bond donors (Lipinski definition) is 2. The molecule has 2 rings (SSSR count). The summed E-state index contributed by atoms with van der Waals surface area (Å²) in [5, 5.41) is 3.00. The molecule has 0 aliphatic carbocycles. The van der Waals surface area contributed by atoms with Gasteiger partial charge in [0.25, 0.3) is 5.91 Å². The van der Waals surface area contributed by atoms with Crippen molar-refractivity contribution in [1.82, 2.24) is 4.98 Å². The summed E-state index contributed by atoms with van der Waals surface area (Å²) in [6, 6.07) is 10.2. The third-order valence-corrected chi connectivity index (χ3v) is 2.68. The Balaban J connectivity index is 2.22. The normalized spacial score (nSPS) is 10.1. The highest BCUT2D eigenvalue weighted by atomic mass is 35.5. The molecule has 5 heteroatoms. The van der Waals surface area contributed by atoms with Gasteiger partial charge in [-0.15, -0.1) is 0 Å². The largest absolute Gasteiger partial charge is 0.399 e. The lowest BCUT2D eigenvalue weighted by Gasteiger charge is -2.07. The summed E-state index contributed by atoms with van der Waals surface area (Å²) < 4.78 is 0. The van der Waals surface area contributed by atoms with Crippen LogP contribution in [0.3, 0.4) is 0 Å². The highest BCUT2D eigenvalue weighted by Crippen LogP contribution is 2.20. The average molecular weight is 262 g/mol.